The third-order valence-corrected chi connectivity index (χ3v) is 4.54. The average molecular weight is 292 g/mol. The van der Waals surface area contributed by atoms with Gasteiger partial charge < -0.3 is 9.64 Å². The molecule has 1 saturated carbocycles. The number of hydrogen-bond donors (Lipinski definition) is 0. The quantitative estimate of drug-likeness (QED) is 0.780. The molecule has 0 radical (unpaired) electrons. The van der Waals surface area contributed by atoms with Crippen LogP contribution in [0.15, 0.2) is 12.3 Å². The molecule has 0 amide bonds. The van der Waals surface area contributed by atoms with Crippen LogP contribution in [0, 0.1) is 11.2 Å². The van der Waals surface area contributed by atoms with Crippen LogP contribution in [0.25, 0.3) is 0 Å². The van der Waals surface area contributed by atoms with Gasteiger partial charge in [-0.3, -0.25) is 4.79 Å². The molecule has 112 valence electrons. The van der Waals surface area contributed by atoms with Gasteiger partial charge in [0, 0.05) is 32.0 Å². The zero-order chi connectivity index (χ0) is 15.0. The van der Waals surface area contributed by atoms with Gasteiger partial charge in [-0.1, -0.05) is 0 Å². The first-order valence-electron chi connectivity index (χ1n) is 7.03. The molecule has 1 aliphatic heterocycles. The zero-order valence-corrected chi connectivity index (χ0v) is 11.9. The molecule has 6 heteroatoms. The fourth-order valence-electron chi connectivity index (χ4n) is 3.23. The number of carbonyl (C=O) groups is 2. The normalized spacial score (nSPS) is 20.3. The van der Waals surface area contributed by atoms with E-state index < -0.39 is 11.8 Å². The lowest BCUT2D eigenvalue weighted by Gasteiger charge is -2.47. The first-order chi connectivity index (χ1) is 10.0. The van der Waals surface area contributed by atoms with E-state index in [4.69, 9.17) is 0 Å². The van der Waals surface area contributed by atoms with E-state index in [2.05, 4.69) is 9.72 Å². The van der Waals surface area contributed by atoms with Crippen LogP contribution in [0.1, 0.15) is 36.2 Å². The minimum absolute atomic E-state index is 0.186. The number of halogens is 1. The Kier molecular flexibility index (Phi) is 3.39. The highest BCUT2D eigenvalue weighted by molar-refractivity contribution is 5.87. The second-order valence-electron chi connectivity index (χ2n) is 5.89. The number of aromatic nitrogens is 1. The number of hydrogen-bond acceptors (Lipinski definition) is 5. The Balaban J connectivity index is 1.70. The number of pyridine rings is 1. The topological polar surface area (TPSA) is 59.5 Å². The summed E-state index contributed by atoms with van der Waals surface area (Å²) in [6.45, 7) is 1.57. The van der Waals surface area contributed by atoms with Crippen LogP contribution in [0.5, 0.6) is 0 Å². The Labute approximate surface area is 122 Å². The predicted octanol–water partition coefficient (Wildman–Crippen LogP) is 1.96. The molecule has 3 rings (SSSR count). The van der Waals surface area contributed by atoms with Gasteiger partial charge >= 0.3 is 5.97 Å². The number of nitrogens with zero attached hydrogens (tertiary/aromatic N) is 2. The zero-order valence-electron chi connectivity index (χ0n) is 11.9. The van der Waals surface area contributed by atoms with E-state index in [1.807, 2.05) is 4.90 Å². The number of rotatable bonds is 2. The smallest absolute Gasteiger partial charge is 0.359 e. The van der Waals surface area contributed by atoms with E-state index in [1.54, 1.807) is 0 Å². The second-order valence-corrected chi connectivity index (χ2v) is 5.89. The molecule has 0 unspecified atom stereocenters. The number of carbonyl (C=O) groups excluding carboxylic acids is 2. The van der Waals surface area contributed by atoms with Gasteiger partial charge in [-0.2, -0.15) is 0 Å². The number of ether oxygens (including phenoxy) is 1. The number of anilines is 1. The highest BCUT2D eigenvalue weighted by Crippen LogP contribution is 2.47. The Morgan fingerprint density at radius 1 is 1.38 bits per heavy atom. The van der Waals surface area contributed by atoms with Gasteiger partial charge in [-0.25, -0.2) is 14.2 Å². The van der Waals surface area contributed by atoms with Gasteiger partial charge in [0.05, 0.1) is 19.0 Å². The van der Waals surface area contributed by atoms with Gasteiger partial charge in [0.1, 0.15) is 5.78 Å². The van der Waals surface area contributed by atoms with Crippen molar-refractivity contribution in [1.29, 1.82) is 0 Å². The van der Waals surface area contributed by atoms with E-state index in [0.717, 1.165) is 25.9 Å². The van der Waals surface area contributed by atoms with Gasteiger partial charge in [0.2, 0.25) is 0 Å². The van der Waals surface area contributed by atoms with Crippen LogP contribution < -0.4 is 4.90 Å². The third-order valence-electron chi connectivity index (χ3n) is 4.54. The van der Waals surface area contributed by atoms with Crippen molar-refractivity contribution in [3.05, 3.63) is 23.8 Å². The Bertz CT molecular complexity index is 585. The van der Waals surface area contributed by atoms with Crippen molar-refractivity contribution in [2.45, 2.75) is 25.7 Å². The lowest BCUT2D eigenvalue weighted by atomic mass is 9.62. The molecule has 1 saturated heterocycles. The lowest BCUT2D eigenvalue weighted by molar-refractivity contribution is -0.133. The van der Waals surface area contributed by atoms with Gasteiger partial charge in [0.15, 0.2) is 11.5 Å². The van der Waals surface area contributed by atoms with Crippen molar-refractivity contribution in [2.24, 2.45) is 5.41 Å². The predicted molar refractivity (Wildman–Crippen MR) is 73.7 cm³/mol. The number of piperidine rings is 1. The van der Waals surface area contributed by atoms with Gasteiger partial charge in [-0.05, 0) is 18.3 Å². The molecular weight excluding hydrogens is 275 g/mol. The summed E-state index contributed by atoms with van der Waals surface area (Å²) >= 11 is 0. The SMILES string of the molecule is COC(=O)c1ncc(N2CCC3(CC2)CC(=O)C3)cc1F. The Morgan fingerprint density at radius 2 is 2.05 bits per heavy atom. The maximum absolute atomic E-state index is 13.9. The molecule has 1 aromatic rings. The van der Waals surface area contributed by atoms with E-state index in [0.29, 0.717) is 24.3 Å². The van der Waals surface area contributed by atoms with E-state index >= 15 is 0 Å². The van der Waals surface area contributed by atoms with Crippen molar-refractivity contribution in [1.82, 2.24) is 4.98 Å². The molecule has 0 aromatic carbocycles. The summed E-state index contributed by atoms with van der Waals surface area (Å²) in [5.41, 5.74) is 0.561. The van der Waals surface area contributed by atoms with Crippen molar-refractivity contribution in [2.75, 3.05) is 25.1 Å². The molecule has 2 fully saturated rings. The fraction of sp³-hybridized carbons (Fsp3) is 0.533. The number of ketones is 1. The van der Waals surface area contributed by atoms with E-state index in [9.17, 15) is 14.0 Å². The second kappa shape index (κ2) is 5.09. The maximum atomic E-state index is 13.9. The standard InChI is InChI=1S/C15H17FN2O3/c1-21-14(20)13-12(16)6-10(9-17-13)18-4-2-15(3-5-18)7-11(19)8-15/h6,9H,2-5,7-8H2,1H3. The van der Waals surface area contributed by atoms with Gasteiger partial charge in [-0.15, -0.1) is 0 Å². The molecule has 1 spiro atoms. The largest absolute Gasteiger partial charge is 0.464 e. The minimum Gasteiger partial charge on any atom is -0.464 e. The van der Waals surface area contributed by atoms with Crippen LogP contribution in [0.4, 0.5) is 10.1 Å². The van der Waals surface area contributed by atoms with Crippen LogP contribution in [0.2, 0.25) is 0 Å². The summed E-state index contributed by atoms with van der Waals surface area (Å²) in [5, 5.41) is 0. The Hall–Kier alpha value is -1.98. The molecule has 5 nitrogen and oxygen atoms in total. The molecule has 0 bridgehead atoms. The summed E-state index contributed by atoms with van der Waals surface area (Å²) < 4.78 is 18.4. The summed E-state index contributed by atoms with van der Waals surface area (Å²) in [6.07, 6.45) is 4.76. The van der Waals surface area contributed by atoms with Crippen LogP contribution in [0.3, 0.4) is 0 Å². The van der Waals surface area contributed by atoms with Crippen molar-refractivity contribution in [3.63, 3.8) is 0 Å². The molecule has 0 atom stereocenters. The third kappa shape index (κ3) is 2.50. The first kappa shape index (κ1) is 14.0. The van der Waals surface area contributed by atoms with Crippen molar-refractivity contribution < 1.29 is 18.7 Å². The molecule has 2 aliphatic rings. The van der Waals surface area contributed by atoms with Crippen LogP contribution >= 0.6 is 0 Å². The first-order valence-corrected chi connectivity index (χ1v) is 7.03. The lowest BCUT2D eigenvalue weighted by Crippen LogP contribution is -2.47. The monoisotopic (exact) mass is 292 g/mol. The molecule has 2 heterocycles. The minimum atomic E-state index is -0.773. The summed E-state index contributed by atoms with van der Waals surface area (Å²) in [5.74, 6) is -1.10. The molecule has 1 aromatic heterocycles. The van der Waals surface area contributed by atoms with Crippen molar-refractivity contribution in [3.8, 4) is 0 Å². The van der Waals surface area contributed by atoms with Crippen LogP contribution in [-0.4, -0.2) is 36.9 Å². The summed E-state index contributed by atoms with van der Waals surface area (Å²) in [4.78, 5) is 28.4. The van der Waals surface area contributed by atoms with Gasteiger partial charge in [0.25, 0.3) is 0 Å². The average Bonchev–Trinajstić information content (AvgIpc) is 2.46. The van der Waals surface area contributed by atoms with Crippen molar-refractivity contribution >= 4 is 17.4 Å². The van der Waals surface area contributed by atoms with Crippen LogP contribution in [-0.2, 0) is 9.53 Å². The molecular formula is C15H17FN2O3. The summed E-state index contributed by atoms with van der Waals surface area (Å²) in [6, 6.07) is 1.32. The fourth-order valence-corrected chi connectivity index (χ4v) is 3.23. The highest BCUT2D eigenvalue weighted by Gasteiger charge is 2.45. The Morgan fingerprint density at radius 3 is 2.57 bits per heavy atom. The molecule has 21 heavy (non-hydrogen) atoms. The molecule has 0 N–H and O–H groups in total. The number of methoxy groups -OCH3 is 1. The van der Waals surface area contributed by atoms with E-state index in [1.165, 1.54) is 19.4 Å². The maximum Gasteiger partial charge on any atom is 0.359 e. The van der Waals surface area contributed by atoms with E-state index in [-0.39, 0.29) is 11.1 Å². The number of Topliss-reactive ketones (excluding diaryl/α,β-unsaturated/α-hetero) is 1. The summed E-state index contributed by atoms with van der Waals surface area (Å²) in [7, 11) is 1.20. The number of esters is 1. The highest BCUT2D eigenvalue weighted by atomic mass is 19.1. The molecule has 1 aliphatic carbocycles.